The third-order valence-corrected chi connectivity index (χ3v) is 11.3. The number of para-hydroxylation sites is 1. The Balaban J connectivity index is 1.03. The van der Waals surface area contributed by atoms with Gasteiger partial charge in [0.15, 0.2) is 0 Å². The number of piperidine rings is 1. The lowest BCUT2D eigenvalue weighted by molar-refractivity contribution is 0.102. The van der Waals surface area contributed by atoms with E-state index in [9.17, 15) is 18.0 Å². The summed E-state index contributed by atoms with van der Waals surface area (Å²) in [7, 11) is 1.63. The molecule has 0 unspecified atom stereocenters. The Morgan fingerprint density at radius 3 is 2.39 bits per heavy atom. The summed E-state index contributed by atoms with van der Waals surface area (Å²) in [5.41, 5.74) is 3.55. The molecule has 2 saturated heterocycles. The Morgan fingerprint density at radius 2 is 1.64 bits per heavy atom. The van der Waals surface area contributed by atoms with Crippen molar-refractivity contribution in [2.24, 2.45) is 0 Å². The molecule has 1 amide bonds. The normalized spacial score (nSPS) is 15.6. The number of piperazine rings is 1. The van der Waals surface area contributed by atoms with Crippen molar-refractivity contribution in [3.05, 3.63) is 114 Å². The van der Waals surface area contributed by atoms with E-state index in [2.05, 4.69) is 42.0 Å². The number of amides is 1. The molecule has 2 fully saturated rings. The standard InChI is InChI=1S/C41H40F3N9O2S/c1-55-35-25-30(50-16-13-29(14-17-50)51-19-21-52(56-2)22-20-51)9-10-33(35)46-41-45-15-11-34(47-41)39-37(48-36-24-28(42)12-18-53(36)39)26-5-3-6-27(23-26)40(54)49-38-31(43)7-4-8-32(38)44/h3-12,15,18,23-25,29H,13-14,16-17,19-22H2,1-2H3,(H,49,54)(H,45,46,47). The van der Waals surface area contributed by atoms with Crippen molar-refractivity contribution in [1.82, 2.24) is 28.6 Å². The van der Waals surface area contributed by atoms with Crippen LogP contribution < -0.4 is 20.3 Å². The van der Waals surface area contributed by atoms with Crippen LogP contribution in [0.4, 0.5) is 36.2 Å². The Labute approximate surface area is 326 Å². The molecular weight excluding hydrogens is 740 g/mol. The number of methoxy groups -OCH3 is 1. The number of rotatable bonds is 10. The number of benzene rings is 3. The predicted octanol–water partition coefficient (Wildman–Crippen LogP) is 7.74. The molecule has 2 N–H and O–H groups in total. The number of ether oxygens (including phenoxy) is 1. The fraction of sp³-hybridized carbons (Fsp3) is 0.268. The monoisotopic (exact) mass is 779 g/mol. The second-order valence-corrected chi connectivity index (χ2v) is 14.5. The van der Waals surface area contributed by atoms with Crippen molar-refractivity contribution in [2.75, 3.05) is 68.2 Å². The van der Waals surface area contributed by atoms with Gasteiger partial charge in [0.2, 0.25) is 5.95 Å². The number of fused-ring (bicyclic) bond motifs is 1. The molecule has 3 aromatic heterocycles. The van der Waals surface area contributed by atoms with Gasteiger partial charge < -0.3 is 20.3 Å². The lowest BCUT2D eigenvalue weighted by Gasteiger charge is -2.42. The van der Waals surface area contributed by atoms with E-state index in [0.717, 1.165) is 69.9 Å². The molecule has 0 atom stereocenters. The van der Waals surface area contributed by atoms with Crippen LogP contribution in [0.15, 0.2) is 91.3 Å². The summed E-state index contributed by atoms with van der Waals surface area (Å²) in [4.78, 5) is 32.3. The minimum atomic E-state index is -0.896. The first-order valence-corrected chi connectivity index (χ1v) is 19.6. The number of hydrogen-bond acceptors (Lipinski definition) is 10. The Bertz CT molecular complexity index is 2360. The lowest BCUT2D eigenvalue weighted by atomic mass is 10.0. The molecule has 288 valence electrons. The maximum Gasteiger partial charge on any atom is 0.255 e. The quantitative estimate of drug-likeness (QED) is 0.134. The van der Waals surface area contributed by atoms with Crippen LogP contribution in [0, 0.1) is 17.5 Å². The number of hydrogen-bond donors (Lipinski definition) is 2. The average Bonchev–Trinajstić information content (AvgIpc) is 3.61. The van der Waals surface area contributed by atoms with E-state index in [-0.39, 0.29) is 5.56 Å². The molecule has 0 saturated carbocycles. The van der Waals surface area contributed by atoms with Crippen LogP contribution in [0.3, 0.4) is 0 Å². The molecule has 56 heavy (non-hydrogen) atoms. The fourth-order valence-electron chi connectivity index (χ4n) is 7.47. The third kappa shape index (κ3) is 7.74. The van der Waals surface area contributed by atoms with E-state index in [4.69, 9.17) is 14.7 Å². The molecule has 5 heterocycles. The molecule has 11 nitrogen and oxygen atoms in total. The summed E-state index contributed by atoms with van der Waals surface area (Å²) in [5, 5.41) is 5.63. The summed E-state index contributed by atoms with van der Waals surface area (Å²) >= 11 is 1.83. The summed E-state index contributed by atoms with van der Waals surface area (Å²) in [6.07, 6.45) is 7.54. The zero-order valence-corrected chi connectivity index (χ0v) is 31.7. The molecule has 0 radical (unpaired) electrons. The summed E-state index contributed by atoms with van der Waals surface area (Å²) in [5.74, 6) is -2.05. The minimum absolute atomic E-state index is 0.133. The van der Waals surface area contributed by atoms with E-state index in [1.807, 2.05) is 24.1 Å². The van der Waals surface area contributed by atoms with Crippen LogP contribution in [0.5, 0.6) is 5.75 Å². The van der Waals surface area contributed by atoms with Gasteiger partial charge in [-0.1, -0.05) is 30.1 Å². The number of aromatic nitrogens is 4. The van der Waals surface area contributed by atoms with Crippen molar-refractivity contribution >= 4 is 46.5 Å². The van der Waals surface area contributed by atoms with Gasteiger partial charge in [-0.15, -0.1) is 0 Å². The average molecular weight is 780 g/mol. The highest BCUT2D eigenvalue weighted by Gasteiger charge is 2.28. The Hall–Kier alpha value is -5.64. The highest BCUT2D eigenvalue weighted by molar-refractivity contribution is 7.96. The van der Waals surface area contributed by atoms with E-state index in [0.29, 0.717) is 51.7 Å². The first-order chi connectivity index (χ1) is 27.3. The van der Waals surface area contributed by atoms with Crippen LogP contribution in [0.1, 0.15) is 23.2 Å². The smallest absolute Gasteiger partial charge is 0.255 e. The van der Waals surface area contributed by atoms with Crippen LogP contribution in [-0.4, -0.2) is 93.1 Å². The van der Waals surface area contributed by atoms with Crippen molar-refractivity contribution in [1.29, 1.82) is 0 Å². The maximum absolute atomic E-state index is 14.4. The Morgan fingerprint density at radius 1 is 0.875 bits per heavy atom. The number of anilines is 4. The second-order valence-electron chi connectivity index (χ2n) is 13.7. The van der Waals surface area contributed by atoms with Gasteiger partial charge in [0.05, 0.1) is 29.9 Å². The van der Waals surface area contributed by atoms with Gasteiger partial charge in [0.1, 0.15) is 34.5 Å². The van der Waals surface area contributed by atoms with Gasteiger partial charge in [0.25, 0.3) is 5.91 Å². The number of pyridine rings is 1. The molecule has 0 bridgehead atoms. The first-order valence-electron chi connectivity index (χ1n) is 18.4. The molecule has 15 heteroatoms. The molecule has 3 aromatic carbocycles. The number of halogens is 3. The Kier molecular flexibility index (Phi) is 10.8. The topological polar surface area (TPSA) is 103 Å². The molecule has 2 aliphatic heterocycles. The summed E-state index contributed by atoms with van der Waals surface area (Å²) in [6, 6.07) is 20.8. The van der Waals surface area contributed by atoms with Crippen molar-refractivity contribution in [3.63, 3.8) is 0 Å². The number of carbonyl (C=O) groups excluding carboxylic acids is 1. The predicted molar refractivity (Wildman–Crippen MR) is 214 cm³/mol. The van der Waals surface area contributed by atoms with Gasteiger partial charge in [-0.05, 0) is 67.6 Å². The van der Waals surface area contributed by atoms with Gasteiger partial charge >= 0.3 is 0 Å². The van der Waals surface area contributed by atoms with Gasteiger partial charge in [-0.2, -0.15) is 0 Å². The van der Waals surface area contributed by atoms with Crippen molar-refractivity contribution < 1.29 is 22.7 Å². The van der Waals surface area contributed by atoms with Gasteiger partial charge in [-0.25, -0.2) is 32.4 Å². The van der Waals surface area contributed by atoms with Crippen LogP contribution in [0.2, 0.25) is 0 Å². The fourth-order valence-corrected chi connectivity index (χ4v) is 8.00. The number of carbonyl (C=O) groups is 1. The highest BCUT2D eigenvalue weighted by Crippen LogP contribution is 2.36. The zero-order valence-electron chi connectivity index (χ0n) is 30.9. The summed E-state index contributed by atoms with van der Waals surface area (Å²) in [6.45, 7) is 6.39. The molecule has 6 aromatic rings. The third-order valence-electron chi connectivity index (χ3n) is 10.4. The minimum Gasteiger partial charge on any atom is -0.494 e. The number of nitrogens with one attached hydrogen (secondary N) is 2. The van der Waals surface area contributed by atoms with Crippen LogP contribution in [-0.2, 0) is 0 Å². The lowest BCUT2D eigenvalue weighted by Crippen LogP contribution is -2.51. The van der Waals surface area contributed by atoms with Crippen LogP contribution in [0.25, 0.3) is 28.3 Å². The van der Waals surface area contributed by atoms with Crippen molar-refractivity contribution in [3.8, 4) is 28.4 Å². The molecule has 0 spiro atoms. The molecular formula is C41H40F3N9O2S. The zero-order chi connectivity index (χ0) is 38.8. The second kappa shape index (κ2) is 16.2. The molecule has 8 rings (SSSR count). The van der Waals surface area contributed by atoms with Crippen LogP contribution >= 0.6 is 11.9 Å². The number of imidazole rings is 1. The van der Waals surface area contributed by atoms with E-state index < -0.39 is 29.0 Å². The van der Waals surface area contributed by atoms with E-state index in [1.165, 1.54) is 24.3 Å². The highest BCUT2D eigenvalue weighted by atomic mass is 32.2. The van der Waals surface area contributed by atoms with Crippen molar-refractivity contribution in [2.45, 2.75) is 18.9 Å². The summed E-state index contributed by atoms with van der Waals surface area (Å²) < 4.78 is 53.1. The first kappa shape index (κ1) is 37.3. The number of nitrogens with zero attached hydrogens (tertiary/aromatic N) is 7. The SMILES string of the molecule is COc1cc(N2CCC(N3CCN(SC)CC3)CC2)ccc1Nc1nccc(-c2c(-c3cccc(C(=O)Nc4c(F)cccc4F)c3)nc3cc(F)ccn23)n1. The molecule has 2 aliphatic rings. The van der Waals surface area contributed by atoms with Gasteiger partial charge in [-0.3, -0.25) is 14.1 Å². The molecule has 0 aliphatic carbocycles. The van der Waals surface area contributed by atoms with E-state index >= 15 is 0 Å². The van der Waals surface area contributed by atoms with E-state index in [1.54, 1.807) is 48.2 Å². The maximum atomic E-state index is 14.4. The van der Waals surface area contributed by atoms with Gasteiger partial charge in [0, 0.05) is 86.7 Å². The largest absolute Gasteiger partial charge is 0.494 e.